The van der Waals surface area contributed by atoms with Crippen molar-refractivity contribution in [3.8, 4) is 11.5 Å². The third kappa shape index (κ3) is 4.79. The van der Waals surface area contributed by atoms with Gasteiger partial charge in [-0.25, -0.2) is 0 Å². The lowest BCUT2D eigenvalue weighted by molar-refractivity contribution is -0.141. The van der Waals surface area contributed by atoms with Crippen LogP contribution in [0.15, 0.2) is 24.3 Å². The van der Waals surface area contributed by atoms with E-state index < -0.39 is 0 Å². The monoisotopic (exact) mass is 281 g/mol. The van der Waals surface area contributed by atoms with Gasteiger partial charge in [-0.3, -0.25) is 9.59 Å². The lowest BCUT2D eigenvalue weighted by Gasteiger charge is -2.17. The van der Waals surface area contributed by atoms with Crippen molar-refractivity contribution in [1.29, 1.82) is 0 Å². The first-order valence-electron chi connectivity index (χ1n) is 6.15. The molecule has 1 rings (SSSR count). The largest absolute Gasteiger partial charge is 0.493 e. The van der Waals surface area contributed by atoms with Crippen molar-refractivity contribution in [1.82, 2.24) is 4.90 Å². The third-order valence-electron chi connectivity index (χ3n) is 2.72. The Bertz CT molecular complexity index is 461. The topological polar surface area (TPSA) is 65.1 Å². The van der Waals surface area contributed by atoms with Gasteiger partial charge in [0.2, 0.25) is 0 Å². The first kappa shape index (κ1) is 15.8. The van der Waals surface area contributed by atoms with Crippen molar-refractivity contribution in [2.75, 3.05) is 34.4 Å². The van der Waals surface area contributed by atoms with E-state index >= 15 is 0 Å². The van der Waals surface area contributed by atoms with E-state index in [1.165, 1.54) is 19.1 Å². The van der Waals surface area contributed by atoms with E-state index in [2.05, 4.69) is 4.74 Å². The van der Waals surface area contributed by atoms with E-state index in [1.54, 1.807) is 25.2 Å². The zero-order chi connectivity index (χ0) is 15.0. The Balaban J connectivity index is 2.44. The Morgan fingerprint density at radius 1 is 1.15 bits per heavy atom. The summed E-state index contributed by atoms with van der Waals surface area (Å²) in [5.41, 5.74) is 0. The number of hydrogen-bond acceptors (Lipinski definition) is 5. The normalized spacial score (nSPS) is 9.75. The number of likely N-dealkylation sites (N-methyl/N-ethyl adjacent to an activating group) is 1. The Morgan fingerprint density at radius 2 is 1.80 bits per heavy atom. The van der Waals surface area contributed by atoms with Crippen LogP contribution in [-0.2, 0) is 14.3 Å². The van der Waals surface area contributed by atoms with E-state index in [0.717, 1.165) is 0 Å². The number of carbonyl (C=O) groups excluding carboxylic acids is 2. The predicted molar refractivity (Wildman–Crippen MR) is 72.8 cm³/mol. The van der Waals surface area contributed by atoms with Crippen LogP contribution in [0.2, 0.25) is 0 Å². The van der Waals surface area contributed by atoms with Crippen LogP contribution in [0.3, 0.4) is 0 Å². The molecule has 6 nitrogen and oxygen atoms in total. The van der Waals surface area contributed by atoms with E-state index in [9.17, 15) is 9.59 Å². The second kappa shape index (κ2) is 8.04. The highest BCUT2D eigenvalue weighted by atomic mass is 16.5. The van der Waals surface area contributed by atoms with Crippen LogP contribution in [0.5, 0.6) is 11.5 Å². The molecule has 0 aromatic heterocycles. The summed E-state index contributed by atoms with van der Waals surface area (Å²) in [5, 5.41) is 0. The maximum Gasteiger partial charge on any atom is 0.307 e. The first-order valence-corrected chi connectivity index (χ1v) is 6.15. The molecule has 20 heavy (non-hydrogen) atoms. The van der Waals surface area contributed by atoms with E-state index in [0.29, 0.717) is 18.0 Å². The first-order chi connectivity index (χ1) is 9.58. The van der Waals surface area contributed by atoms with Gasteiger partial charge in [0.25, 0.3) is 5.91 Å². The highest BCUT2D eigenvalue weighted by molar-refractivity contribution is 5.78. The molecule has 0 saturated heterocycles. The molecule has 0 spiro atoms. The van der Waals surface area contributed by atoms with Crippen LogP contribution in [0, 0.1) is 0 Å². The van der Waals surface area contributed by atoms with Gasteiger partial charge in [0.05, 0.1) is 20.6 Å². The fraction of sp³-hybridized carbons (Fsp3) is 0.429. The molecule has 0 unspecified atom stereocenters. The van der Waals surface area contributed by atoms with Gasteiger partial charge in [-0.1, -0.05) is 12.1 Å². The predicted octanol–water partition coefficient (Wildman–Crippen LogP) is 1.10. The second-order valence-electron chi connectivity index (χ2n) is 4.08. The van der Waals surface area contributed by atoms with Gasteiger partial charge < -0.3 is 19.1 Å². The van der Waals surface area contributed by atoms with Crippen molar-refractivity contribution >= 4 is 11.9 Å². The molecule has 0 aliphatic heterocycles. The van der Waals surface area contributed by atoms with Gasteiger partial charge in [-0.15, -0.1) is 0 Å². The standard InChI is InChI=1S/C14H19NO5/c1-15(9-8-14(17)19-3)13(16)10-20-12-7-5-4-6-11(12)18-2/h4-7H,8-10H2,1-3H3. The van der Waals surface area contributed by atoms with Crippen molar-refractivity contribution in [2.24, 2.45) is 0 Å². The van der Waals surface area contributed by atoms with Crippen LogP contribution in [-0.4, -0.2) is 51.2 Å². The molecule has 110 valence electrons. The van der Waals surface area contributed by atoms with E-state index in [-0.39, 0.29) is 24.9 Å². The summed E-state index contributed by atoms with van der Waals surface area (Å²) in [6, 6.07) is 7.08. The fourth-order valence-corrected chi connectivity index (χ4v) is 1.47. The number of esters is 1. The van der Waals surface area contributed by atoms with E-state index in [1.807, 2.05) is 6.07 Å². The Labute approximate surface area is 118 Å². The van der Waals surface area contributed by atoms with Crippen LogP contribution in [0.25, 0.3) is 0 Å². The molecule has 0 aliphatic carbocycles. The zero-order valence-corrected chi connectivity index (χ0v) is 11.9. The smallest absolute Gasteiger partial charge is 0.307 e. The van der Waals surface area contributed by atoms with Crippen molar-refractivity contribution in [3.05, 3.63) is 24.3 Å². The number of ether oxygens (including phenoxy) is 3. The molecule has 0 saturated carbocycles. The Hall–Kier alpha value is -2.24. The van der Waals surface area contributed by atoms with Gasteiger partial charge >= 0.3 is 5.97 Å². The van der Waals surface area contributed by atoms with Crippen LogP contribution in [0.4, 0.5) is 0 Å². The highest BCUT2D eigenvalue weighted by Gasteiger charge is 2.12. The van der Waals surface area contributed by atoms with Crippen molar-refractivity contribution in [2.45, 2.75) is 6.42 Å². The molecular formula is C14H19NO5. The molecule has 1 amide bonds. The van der Waals surface area contributed by atoms with Crippen molar-refractivity contribution < 1.29 is 23.8 Å². The fourth-order valence-electron chi connectivity index (χ4n) is 1.47. The van der Waals surface area contributed by atoms with Gasteiger partial charge in [-0.2, -0.15) is 0 Å². The molecule has 0 heterocycles. The molecule has 0 radical (unpaired) electrons. The molecule has 0 atom stereocenters. The van der Waals surface area contributed by atoms with Crippen LogP contribution >= 0.6 is 0 Å². The minimum Gasteiger partial charge on any atom is -0.493 e. The zero-order valence-electron chi connectivity index (χ0n) is 11.9. The number of carbonyl (C=O) groups is 2. The summed E-state index contributed by atoms with van der Waals surface area (Å²) < 4.78 is 15.0. The SMILES string of the molecule is COC(=O)CCN(C)C(=O)COc1ccccc1OC. The van der Waals surface area contributed by atoms with Gasteiger partial charge in [0.15, 0.2) is 18.1 Å². The Kier molecular flexibility index (Phi) is 6.36. The Morgan fingerprint density at radius 3 is 2.40 bits per heavy atom. The number of rotatable bonds is 7. The van der Waals surface area contributed by atoms with Crippen LogP contribution < -0.4 is 9.47 Å². The maximum atomic E-state index is 11.8. The number of para-hydroxylation sites is 2. The van der Waals surface area contributed by atoms with Crippen LogP contribution in [0.1, 0.15) is 6.42 Å². The molecule has 0 bridgehead atoms. The van der Waals surface area contributed by atoms with Gasteiger partial charge in [-0.05, 0) is 12.1 Å². The quantitative estimate of drug-likeness (QED) is 0.700. The van der Waals surface area contributed by atoms with E-state index in [4.69, 9.17) is 9.47 Å². The number of benzene rings is 1. The molecule has 1 aromatic carbocycles. The van der Waals surface area contributed by atoms with Crippen molar-refractivity contribution in [3.63, 3.8) is 0 Å². The molecule has 0 N–H and O–H groups in total. The molecule has 6 heteroatoms. The number of methoxy groups -OCH3 is 2. The molecular weight excluding hydrogens is 262 g/mol. The minimum absolute atomic E-state index is 0.113. The van der Waals surface area contributed by atoms with Gasteiger partial charge in [0.1, 0.15) is 0 Å². The number of hydrogen-bond donors (Lipinski definition) is 0. The lowest BCUT2D eigenvalue weighted by atomic mass is 10.3. The summed E-state index contributed by atoms with van der Waals surface area (Å²) >= 11 is 0. The second-order valence-corrected chi connectivity index (χ2v) is 4.08. The number of nitrogens with zero attached hydrogens (tertiary/aromatic N) is 1. The summed E-state index contributed by atoms with van der Waals surface area (Å²) in [6.07, 6.45) is 0.160. The maximum absolute atomic E-state index is 11.8. The average Bonchev–Trinajstić information content (AvgIpc) is 2.49. The third-order valence-corrected chi connectivity index (χ3v) is 2.72. The number of amides is 1. The average molecular weight is 281 g/mol. The molecule has 0 fully saturated rings. The highest BCUT2D eigenvalue weighted by Crippen LogP contribution is 2.25. The lowest BCUT2D eigenvalue weighted by Crippen LogP contribution is -2.33. The minimum atomic E-state index is -0.352. The molecule has 0 aliphatic rings. The molecule has 1 aromatic rings. The summed E-state index contributed by atoms with van der Waals surface area (Å²) in [5.74, 6) is 0.498. The summed E-state index contributed by atoms with van der Waals surface area (Å²) in [6.45, 7) is 0.179. The van der Waals surface area contributed by atoms with Gasteiger partial charge in [0, 0.05) is 13.6 Å². The summed E-state index contributed by atoms with van der Waals surface area (Å²) in [4.78, 5) is 24.2. The summed E-state index contributed by atoms with van der Waals surface area (Å²) in [7, 11) is 4.46.